The predicted molar refractivity (Wildman–Crippen MR) is 69.9 cm³/mol. The standard InChI is InChI=1S/C14H21NO3/c1-3-5-11-17-14(16)15(4-2)18-12-13-9-7-6-8-10-13/h6-10H,3-5,11-12H2,1-2H3. The molecule has 0 spiro atoms. The van der Waals surface area contributed by atoms with Crippen molar-refractivity contribution in [3.63, 3.8) is 0 Å². The van der Waals surface area contributed by atoms with E-state index in [-0.39, 0.29) is 0 Å². The quantitative estimate of drug-likeness (QED) is 0.551. The van der Waals surface area contributed by atoms with E-state index in [0.29, 0.717) is 19.8 Å². The van der Waals surface area contributed by atoms with E-state index >= 15 is 0 Å². The van der Waals surface area contributed by atoms with Crippen LogP contribution in [0.4, 0.5) is 4.79 Å². The number of benzene rings is 1. The Morgan fingerprint density at radius 1 is 1.22 bits per heavy atom. The van der Waals surface area contributed by atoms with Gasteiger partial charge in [0.15, 0.2) is 0 Å². The minimum atomic E-state index is -0.415. The molecule has 0 aliphatic carbocycles. The summed E-state index contributed by atoms with van der Waals surface area (Å²) < 4.78 is 5.09. The van der Waals surface area contributed by atoms with Crippen LogP contribution in [0.1, 0.15) is 32.3 Å². The third-order valence-corrected chi connectivity index (χ3v) is 2.44. The molecule has 4 nitrogen and oxygen atoms in total. The van der Waals surface area contributed by atoms with Crippen molar-refractivity contribution < 1.29 is 14.4 Å². The number of carbonyl (C=O) groups excluding carboxylic acids is 1. The average Bonchev–Trinajstić information content (AvgIpc) is 2.41. The van der Waals surface area contributed by atoms with Crippen LogP contribution in [0.25, 0.3) is 0 Å². The maximum absolute atomic E-state index is 11.6. The SMILES string of the molecule is CCCCOC(=O)N(CC)OCc1ccccc1. The van der Waals surface area contributed by atoms with Crippen LogP contribution >= 0.6 is 0 Å². The van der Waals surface area contributed by atoms with Gasteiger partial charge >= 0.3 is 6.09 Å². The van der Waals surface area contributed by atoms with Gasteiger partial charge in [-0.1, -0.05) is 43.7 Å². The molecule has 18 heavy (non-hydrogen) atoms. The van der Waals surface area contributed by atoms with Crippen LogP contribution in [-0.2, 0) is 16.2 Å². The van der Waals surface area contributed by atoms with Gasteiger partial charge in [0.05, 0.1) is 6.61 Å². The van der Waals surface area contributed by atoms with Crippen LogP contribution in [0.3, 0.4) is 0 Å². The minimum Gasteiger partial charge on any atom is -0.448 e. The van der Waals surface area contributed by atoms with Crippen molar-refractivity contribution in [2.45, 2.75) is 33.3 Å². The highest BCUT2D eigenvalue weighted by Gasteiger charge is 2.13. The number of ether oxygens (including phenoxy) is 1. The Labute approximate surface area is 108 Å². The van der Waals surface area contributed by atoms with Gasteiger partial charge in [-0.2, -0.15) is 5.06 Å². The van der Waals surface area contributed by atoms with E-state index in [1.165, 1.54) is 5.06 Å². The molecule has 0 saturated carbocycles. The zero-order valence-electron chi connectivity index (χ0n) is 11.1. The van der Waals surface area contributed by atoms with Gasteiger partial charge in [-0.25, -0.2) is 4.79 Å². The Kier molecular flexibility index (Phi) is 6.87. The Balaban J connectivity index is 2.35. The molecule has 0 unspecified atom stereocenters. The fourth-order valence-corrected chi connectivity index (χ4v) is 1.38. The molecule has 1 aromatic carbocycles. The maximum Gasteiger partial charge on any atom is 0.433 e. The van der Waals surface area contributed by atoms with E-state index in [1.807, 2.05) is 37.3 Å². The van der Waals surface area contributed by atoms with Crippen molar-refractivity contribution in [2.75, 3.05) is 13.2 Å². The Morgan fingerprint density at radius 3 is 2.56 bits per heavy atom. The molecule has 1 amide bonds. The van der Waals surface area contributed by atoms with Crippen LogP contribution in [0.5, 0.6) is 0 Å². The molecule has 0 saturated heterocycles. The highest BCUT2D eigenvalue weighted by atomic mass is 16.7. The smallest absolute Gasteiger partial charge is 0.433 e. The van der Waals surface area contributed by atoms with Gasteiger partial charge in [-0.05, 0) is 18.9 Å². The molecule has 0 heterocycles. The van der Waals surface area contributed by atoms with Gasteiger partial charge in [0.1, 0.15) is 6.61 Å². The predicted octanol–water partition coefficient (Wildman–Crippen LogP) is 3.38. The number of nitrogens with zero attached hydrogens (tertiary/aromatic N) is 1. The zero-order chi connectivity index (χ0) is 13.2. The summed E-state index contributed by atoms with van der Waals surface area (Å²) in [7, 11) is 0. The lowest BCUT2D eigenvalue weighted by Crippen LogP contribution is -2.31. The number of amides is 1. The van der Waals surface area contributed by atoms with Crippen molar-refractivity contribution in [1.29, 1.82) is 0 Å². The highest BCUT2D eigenvalue weighted by molar-refractivity contribution is 5.66. The second kappa shape index (κ2) is 8.53. The van der Waals surface area contributed by atoms with Crippen LogP contribution in [-0.4, -0.2) is 24.3 Å². The zero-order valence-corrected chi connectivity index (χ0v) is 11.1. The average molecular weight is 251 g/mol. The Bertz CT molecular complexity index is 340. The Hall–Kier alpha value is -1.55. The van der Waals surface area contributed by atoms with Crippen LogP contribution < -0.4 is 0 Å². The summed E-state index contributed by atoms with van der Waals surface area (Å²) in [6.07, 6.45) is 1.47. The second-order valence-corrected chi connectivity index (χ2v) is 3.92. The lowest BCUT2D eigenvalue weighted by Gasteiger charge is -2.19. The number of hydroxylamine groups is 2. The number of carbonyl (C=O) groups is 1. The highest BCUT2D eigenvalue weighted by Crippen LogP contribution is 2.04. The lowest BCUT2D eigenvalue weighted by atomic mass is 10.2. The Morgan fingerprint density at radius 2 is 1.94 bits per heavy atom. The van der Waals surface area contributed by atoms with Crippen molar-refractivity contribution in [1.82, 2.24) is 5.06 Å². The molecule has 0 aromatic heterocycles. The van der Waals surface area contributed by atoms with Gasteiger partial charge in [0.2, 0.25) is 0 Å². The molecule has 0 bridgehead atoms. The molecule has 1 rings (SSSR count). The molecule has 0 aliphatic heterocycles. The molecular formula is C14H21NO3. The van der Waals surface area contributed by atoms with Crippen LogP contribution in [0.2, 0.25) is 0 Å². The van der Waals surface area contributed by atoms with E-state index in [0.717, 1.165) is 18.4 Å². The van der Waals surface area contributed by atoms with E-state index in [4.69, 9.17) is 9.57 Å². The maximum atomic E-state index is 11.6. The molecule has 1 aromatic rings. The summed E-state index contributed by atoms with van der Waals surface area (Å²) >= 11 is 0. The third-order valence-electron chi connectivity index (χ3n) is 2.44. The molecule has 0 atom stereocenters. The first-order valence-corrected chi connectivity index (χ1v) is 6.39. The number of rotatable bonds is 7. The fraction of sp³-hybridized carbons (Fsp3) is 0.500. The monoisotopic (exact) mass is 251 g/mol. The summed E-state index contributed by atoms with van der Waals surface area (Å²) in [5.41, 5.74) is 1.03. The molecule has 100 valence electrons. The number of hydrogen-bond acceptors (Lipinski definition) is 3. The lowest BCUT2D eigenvalue weighted by molar-refractivity contribution is -0.143. The van der Waals surface area contributed by atoms with Crippen molar-refractivity contribution in [3.8, 4) is 0 Å². The summed E-state index contributed by atoms with van der Waals surface area (Å²) in [5, 5.41) is 1.25. The van der Waals surface area contributed by atoms with E-state index < -0.39 is 6.09 Å². The normalized spacial score (nSPS) is 10.1. The molecule has 0 fully saturated rings. The van der Waals surface area contributed by atoms with Crippen molar-refractivity contribution >= 4 is 6.09 Å². The molecule has 0 N–H and O–H groups in total. The van der Waals surface area contributed by atoms with Gasteiger partial charge < -0.3 is 4.74 Å². The first kappa shape index (κ1) is 14.5. The summed E-state index contributed by atoms with van der Waals surface area (Å²) in [6, 6.07) is 9.73. The first-order chi connectivity index (χ1) is 8.77. The van der Waals surface area contributed by atoms with Crippen molar-refractivity contribution in [3.05, 3.63) is 35.9 Å². The first-order valence-electron chi connectivity index (χ1n) is 6.39. The molecule has 0 radical (unpaired) electrons. The molecular weight excluding hydrogens is 230 g/mol. The minimum absolute atomic E-state index is 0.373. The van der Waals surface area contributed by atoms with Crippen molar-refractivity contribution in [2.24, 2.45) is 0 Å². The van der Waals surface area contributed by atoms with Gasteiger partial charge in [-0.15, -0.1) is 0 Å². The van der Waals surface area contributed by atoms with Gasteiger partial charge in [0, 0.05) is 6.54 Å². The largest absolute Gasteiger partial charge is 0.448 e. The summed E-state index contributed by atoms with van der Waals surface area (Å²) in [6.45, 7) is 5.19. The van der Waals surface area contributed by atoms with E-state index in [2.05, 4.69) is 6.92 Å². The van der Waals surface area contributed by atoms with Gasteiger partial charge in [-0.3, -0.25) is 4.84 Å². The number of unbranched alkanes of at least 4 members (excludes halogenated alkanes) is 1. The van der Waals surface area contributed by atoms with Crippen LogP contribution in [0, 0.1) is 0 Å². The number of hydrogen-bond donors (Lipinski definition) is 0. The fourth-order valence-electron chi connectivity index (χ4n) is 1.38. The van der Waals surface area contributed by atoms with E-state index in [1.54, 1.807) is 0 Å². The topological polar surface area (TPSA) is 38.8 Å². The van der Waals surface area contributed by atoms with Crippen LogP contribution in [0.15, 0.2) is 30.3 Å². The summed E-state index contributed by atoms with van der Waals surface area (Å²) in [5.74, 6) is 0. The molecule has 4 heteroatoms. The molecule has 0 aliphatic rings. The van der Waals surface area contributed by atoms with Gasteiger partial charge in [0.25, 0.3) is 0 Å². The van der Waals surface area contributed by atoms with E-state index in [9.17, 15) is 4.79 Å². The third kappa shape index (κ3) is 5.19. The summed E-state index contributed by atoms with van der Waals surface area (Å²) in [4.78, 5) is 17.1. The second-order valence-electron chi connectivity index (χ2n) is 3.92.